The maximum atomic E-state index is 11.9. The van der Waals surface area contributed by atoms with Crippen LogP contribution < -0.4 is 5.32 Å². The molecule has 0 aromatic rings. The zero-order valence-electron chi connectivity index (χ0n) is 10.0. The van der Waals surface area contributed by atoms with Gasteiger partial charge in [-0.15, -0.1) is 0 Å². The molecule has 1 atom stereocenters. The molecule has 2 fully saturated rings. The minimum absolute atomic E-state index is 0.0374. The first-order valence-corrected chi connectivity index (χ1v) is 6.10. The zero-order chi connectivity index (χ0) is 12.5. The van der Waals surface area contributed by atoms with Crippen molar-refractivity contribution in [1.29, 1.82) is 5.26 Å². The molecule has 1 aliphatic carbocycles. The van der Waals surface area contributed by atoms with Crippen LogP contribution >= 0.6 is 0 Å². The number of carbonyl (C=O) groups excluding carboxylic acids is 2. The Kier molecular flexibility index (Phi) is 3.05. The Labute approximate surface area is 101 Å². The summed E-state index contributed by atoms with van der Waals surface area (Å²) in [5.74, 6) is -0.329. The van der Waals surface area contributed by atoms with Crippen molar-refractivity contribution in [1.82, 2.24) is 10.2 Å². The number of rotatable bonds is 3. The van der Waals surface area contributed by atoms with Gasteiger partial charge in [-0.2, -0.15) is 5.26 Å². The van der Waals surface area contributed by atoms with Crippen molar-refractivity contribution in [2.75, 3.05) is 13.1 Å². The van der Waals surface area contributed by atoms with Gasteiger partial charge in [-0.05, 0) is 32.6 Å². The van der Waals surface area contributed by atoms with E-state index in [0.29, 0.717) is 12.8 Å². The maximum absolute atomic E-state index is 11.9. The molecule has 1 unspecified atom stereocenters. The van der Waals surface area contributed by atoms with Crippen LogP contribution in [0.5, 0.6) is 0 Å². The number of nitriles is 1. The topological polar surface area (TPSA) is 73.2 Å². The lowest BCUT2D eigenvalue weighted by molar-refractivity contribution is -0.136. The third-order valence-corrected chi connectivity index (χ3v) is 3.53. The summed E-state index contributed by atoms with van der Waals surface area (Å²) in [6, 6.07) is 1.51. The average Bonchev–Trinajstić information content (AvgIpc) is 2.95. The van der Waals surface area contributed by atoms with Crippen LogP contribution in [0.2, 0.25) is 0 Å². The molecule has 1 saturated carbocycles. The quantitative estimate of drug-likeness (QED) is 0.770. The maximum Gasteiger partial charge on any atom is 0.244 e. The molecule has 17 heavy (non-hydrogen) atoms. The van der Waals surface area contributed by atoms with Crippen molar-refractivity contribution in [3.8, 4) is 6.07 Å². The summed E-state index contributed by atoms with van der Waals surface area (Å²) in [4.78, 5) is 25.5. The monoisotopic (exact) mass is 235 g/mol. The number of amides is 2. The summed E-state index contributed by atoms with van der Waals surface area (Å²) in [7, 11) is 0. The van der Waals surface area contributed by atoms with E-state index in [1.54, 1.807) is 11.8 Å². The molecule has 0 spiro atoms. The molecule has 5 nitrogen and oxygen atoms in total. The van der Waals surface area contributed by atoms with Gasteiger partial charge in [0.1, 0.15) is 11.5 Å². The first-order chi connectivity index (χ1) is 8.09. The highest BCUT2D eigenvalue weighted by atomic mass is 16.2. The number of nitrogens with one attached hydrogen (secondary N) is 1. The van der Waals surface area contributed by atoms with Crippen LogP contribution in [0.3, 0.4) is 0 Å². The fraction of sp³-hybridized carbons (Fsp3) is 0.750. The van der Waals surface area contributed by atoms with Gasteiger partial charge in [-0.3, -0.25) is 9.59 Å². The molecule has 1 saturated heterocycles. The smallest absolute Gasteiger partial charge is 0.244 e. The highest BCUT2D eigenvalue weighted by molar-refractivity contribution is 5.93. The summed E-state index contributed by atoms with van der Waals surface area (Å²) < 4.78 is 0. The fourth-order valence-electron chi connectivity index (χ4n) is 2.12. The van der Waals surface area contributed by atoms with E-state index in [2.05, 4.69) is 5.32 Å². The number of likely N-dealkylation sites (tertiary alicyclic amines) is 1. The van der Waals surface area contributed by atoms with E-state index in [1.165, 1.54) is 0 Å². The lowest BCUT2D eigenvalue weighted by Gasteiger charge is -2.21. The summed E-state index contributed by atoms with van der Waals surface area (Å²) in [6.07, 6.45) is 3.29. The molecule has 2 amide bonds. The Bertz CT molecular complexity index is 376. The number of hydrogen-bond acceptors (Lipinski definition) is 3. The average molecular weight is 235 g/mol. The molecule has 2 rings (SSSR count). The van der Waals surface area contributed by atoms with Crippen molar-refractivity contribution in [3.63, 3.8) is 0 Å². The number of nitrogens with zero attached hydrogens (tertiary/aromatic N) is 2. The van der Waals surface area contributed by atoms with Crippen molar-refractivity contribution >= 4 is 11.8 Å². The van der Waals surface area contributed by atoms with Crippen LogP contribution in [-0.4, -0.2) is 35.8 Å². The lowest BCUT2D eigenvalue weighted by atomic mass is 10.1. The Balaban J connectivity index is 1.88. The molecule has 1 aliphatic heterocycles. The molecular formula is C12H17N3O2. The second-order valence-electron chi connectivity index (χ2n) is 4.92. The minimum Gasteiger partial charge on any atom is -0.343 e. The minimum atomic E-state index is -0.848. The van der Waals surface area contributed by atoms with Gasteiger partial charge in [0.25, 0.3) is 0 Å². The Morgan fingerprint density at radius 2 is 1.94 bits per heavy atom. The molecule has 0 aromatic carbocycles. The summed E-state index contributed by atoms with van der Waals surface area (Å²) in [5.41, 5.74) is -0.848. The third-order valence-electron chi connectivity index (χ3n) is 3.53. The highest BCUT2D eigenvalue weighted by Gasteiger charge is 2.51. The molecule has 1 heterocycles. The zero-order valence-corrected chi connectivity index (χ0v) is 10.0. The summed E-state index contributed by atoms with van der Waals surface area (Å²) in [5, 5.41) is 11.5. The van der Waals surface area contributed by atoms with Crippen LogP contribution in [0.1, 0.15) is 32.6 Å². The van der Waals surface area contributed by atoms with Gasteiger partial charge >= 0.3 is 0 Å². The van der Waals surface area contributed by atoms with Gasteiger partial charge in [0.15, 0.2) is 0 Å². The van der Waals surface area contributed by atoms with Crippen LogP contribution in [0.25, 0.3) is 0 Å². The SMILES string of the molecule is CC(NC(=O)C1(C#N)CC1)C(=O)N1CCCC1. The summed E-state index contributed by atoms with van der Waals surface area (Å²) in [6.45, 7) is 3.25. The lowest BCUT2D eigenvalue weighted by Crippen LogP contribution is -2.47. The van der Waals surface area contributed by atoms with E-state index in [-0.39, 0.29) is 11.8 Å². The normalized spacial score (nSPS) is 22.7. The second-order valence-corrected chi connectivity index (χ2v) is 4.92. The largest absolute Gasteiger partial charge is 0.343 e. The molecule has 0 bridgehead atoms. The fourth-order valence-corrected chi connectivity index (χ4v) is 2.12. The van der Waals surface area contributed by atoms with E-state index in [1.807, 2.05) is 6.07 Å². The van der Waals surface area contributed by atoms with Gasteiger partial charge in [0.2, 0.25) is 11.8 Å². The third kappa shape index (κ3) is 2.26. The predicted molar refractivity (Wildman–Crippen MR) is 60.7 cm³/mol. The number of carbonyl (C=O) groups is 2. The van der Waals surface area contributed by atoms with E-state index in [4.69, 9.17) is 5.26 Å². The van der Waals surface area contributed by atoms with Gasteiger partial charge in [0.05, 0.1) is 6.07 Å². The van der Waals surface area contributed by atoms with Gasteiger partial charge in [-0.1, -0.05) is 0 Å². The van der Waals surface area contributed by atoms with Gasteiger partial charge in [0, 0.05) is 13.1 Å². The first-order valence-electron chi connectivity index (χ1n) is 6.10. The van der Waals surface area contributed by atoms with E-state index in [9.17, 15) is 9.59 Å². The Morgan fingerprint density at radius 3 is 2.41 bits per heavy atom. The molecule has 0 aromatic heterocycles. The molecule has 0 radical (unpaired) electrons. The molecule has 2 aliphatic rings. The van der Waals surface area contributed by atoms with E-state index < -0.39 is 11.5 Å². The molecule has 92 valence electrons. The van der Waals surface area contributed by atoms with Crippen LogP contribution in [0, 0.1) is 16.7 Å². The standard InChI is InChI=1S/C12H17N3O2/c1-9(10(16)15-6-2-3-7-15)14-11(17)12(8-13)4-5-12/h9H,2-7H2,1H3,(H,14,17). The number of hydrogen-bond donors (Lipinski definition) is 1. The predicted octanol–water partition coefficient (Wildman–Crippen LogP) is 0.417. The van der Waals surface area contributed by atoms with Crippen molar-refractivity contribution in [2.24, 2.45) is 5.41 Å². The molecule has 1 N–H and O–H groups in total. The Hall–Kier alpha value is -1.57. The van der Waals surface area contributed by atoms with Crippen molar-refractivity contribution in [2.45, 2.75) is 38.6 Å². The van der Waals surface area contributed by atoms with Crippen molar-refractivity contribution in [3.05, 3.63) is 0 Å². The van der Waals surface area contributed by atoms with Crippen molar-refractivity contribution < 1.29 is 9.59 Å². The molecular weight excluding hydrogens is 218 g/mol. The van der Waals surface area contributed by atoms with E-state index >= 15 is 0 Å². The Morgan fingerprint density at radius 1 is 1.35 bits per heavy atom. The van der Waals surface area contributed by atoms with E-state index in [0.717, 1.165) is 25.9 Å². The first kappa shape index (κ1) is 11.9. The highest BCUT2D eigenvalue weighted by Crippen LogP contribution is 2.45. The van der Waals surface area contributed by atoms with Gasteiger partial charge in [-0.25, -0.2) is 0 Å². The van der Waals surface area contributed by atoms with Gasteiger partial charge < -0.3 is 10.2 Å². The van der Waals surface area contributed by atoms with Crippen LogP contribution in [0.4, 0.5) is 0 Å². The summed E-state index contributed by atoms with van der Waals surface area (Å²) >= 11 is 0. The second kappa shape index (κ2) is 4.36. The van der Waals surface area contributed by atoms with Crippen LogP contribution in [-0.2, 0) is 9.59 Å². The molecule has 5 heteroatoms. The van der Waals surface area contributed by atoms with Crippen LogP contribution in [0.15, 0.2) is 0 Å².